The highest BCUT2D eigenvalue weighted by Gasteiger charge is 2.56. The van der Waals surface area contributed by atoms with E-state index in [9.17, 15) is 9.90 Å². The molecule has 2 unspecified atom stereocenters. The molecule has 0 bridgehead atoms. The Balaban J connectivity index is 1.45. The topological polar surface area (TPSA) is 123 Å². The fraction of sp³-hybridized carbons (Fsp3) is 0.500. The molecule has 2 fully saturated rings. The van der Waals surface area contributed by atoms with E-state index < -0.39 is 6.10 Å². The van der Waals surface area contributed by atoms with Gasteiger partial charge in [0, 0.05) is 30.9 Å². The van der Waals surface area contributed by atoms with Crippen molar-refractivity contribution in [2.45, 2.75) is 33.3 Å². The van der Waals surface area contributed by atoms with Crippen molar-refractivity contribution in [1.82, 2.24) is 25.3 Å². The minimum absolute atomic E-state index is 0.182. The SMILES string of the molecule is CNCC(O)COc1cccc(-c2nc(CC3[C@H]4CN(C(=O)OC)C[C@@H]34)c(C)c(-c3c(C)noc3C)n2)c1. The number of aryl methyl sites for hydroxylation is 2. The van der Waals surface area contributed by atoms with Gasteiger partial charge in [-0.25, -0.2) is 14.8 Å². The van der Waals surface area contributed by atoms with E-state index in [-0.39, 0.29) is 12.7 Å². The van der Waals surface area contributed by atoms with Gasteiger partial charge in [0.2, 0.25) is 0 Å². The number of nitrogens with one attached hydrogen (secondary N) is 1. The van der Waals surface area contributed by atoms with E-state index in [1.807, 2.05) is 38.1 Å². The normalized spacial score (nSPS) is 20.8. The Morgan fingerprint density at radius 1 is 1.24 bits per heavy atom. The van der Waals surface area contributed by atoms with Crippen LogP contribution in [0.5, 0.6) is 5.75 Å². The zero-order valence-corrected chi connectivity index (χ0v) is 22.5. The third-order valence-electron chi connectivity index (χ3n) is 7.72. The molecule has 4 atom stereocenters. The van der Waals surface area contributed by atoms with Crippen LogP contribution < -0.4 is 10.1 Å². The van der Waals surface area contributed by atoms with Crippen molar-refractivity contribution in [1.29, 1.82) is 0 Å². The number of hydrogen-bond acceptors (Lipinski definition) is 9. The number of hydrogen-bond donors (Lipinski definition) is 2. The van der Waals surface area contributed by atoms with Gasteiger partial charge in [-0.05, 0) is 69.7 Å². The molecule has 3 heterocycles. The lowest BCUT2D eigenvalue weighted by molar-refractivity contribution is 0.108. The van der Waals surface area contributed by atoms with Crippen molar-refractivity contribution in [2.24, 2.45) is 17.8 Å². The summed E-state index contributed by atoms with van der Waals surface area (Å²) < 4.78 is 16.2. The summed E-state index contributed by atoms with van der Waals surface area (Å²) in [6, 6.07) is 7.62. The summed E-state index contributed by atoms with van der Waals surface area (Å²) in [4.78, 5) is 23.7. The van der Waals surface area contributed by atoms with E-state index >= 15 is 0 Å². The Labute approximate surface area is 222 Å². The first-order valence-electron chi connectivity index (χ1n) is 13.0. The maximum Gasteiger partial charge on any atom is 0.409 e. The Kier molecular flexibility index (Phi) is 7.36. The van der Waals surface area contributed by atoms with Gasteiger partial charge in [0.05, 0.1) is 24.1 Å². The van der Waals surface area contributed by atoms with Crippen molar-refractivity contribution in [3.8, 4) is 28.4 Å². The number of aliphatic hydroxyl groups is 1. The summed E-state index contributed by atoms with van der Waals surface area (Å²) >= 11 is 0. The fourth-order valence-electron chi connectivity index (χ4n) is 5.62. The summed E-state index contributed by atoms with van der Waals surface area (Å²) in [5, 5.41) is 17.1. The zero-order valence-electron chi connectivity index (χ0n) is 22.5. The van der Waals surface area contributed by atoms with Crippen LogP contribution in [0.15, 0.2) is 28.8 Å². The van der Waals surface area contributed by atoms with Gasteiger partial charge in [-0.3, -0.25) is 0 Å². The first-order valence-corrected chi connectivity index (χ1v) is 13.0. The summed E-state index contributed by atoms with van der Waals surface area (Å²) in [6.07, 6.45) is -0.0445. The van der Waals surface area contributed by atoms with Crippen LogP contribution in [0, 0.1) is 38.5 Å². The number of aromatic nitrogens is 3. The molecule has 1 saturated carbocycles. The summed E-state index contributed by atoms with van der Waals surface area (Å²) in [5.74, 6) is 3.36. The lowest BCUT2D eigenvalue weighted by Crippen LogP contribution is -2.31. The highest BCUT2D eigenvalue weighted by Crippen LogP contribution is 2.53. The third-order valence-corrected chi connectivity index (χ3v) is 7.72. The Morgan fingerprint density at radius 2 is 2.00 bits per heavy atom. The molecule has 10 heteroatoms. The molecule has 1 amide bonds. The van der Waals surface area contributed by atoms with Gasteiger partial charge in [0.1, 0.15) is 24.2 Å². The maximum absolute atomic E-state index is 11.9. The van der Waals surface area contributed by atoms with E-state index in [2.05, 4.69) is 17.4 Å². The molecule has 10 nitrogen and oxygen atoms in total. The largest absolute Gasteiger partial charge is 0.491 e. The number of carbonyl (C=O) groups excluding carboxylic acids is 1. The fourth-order valence-corrected chi connectivity index (χ4v) is 5.62. The zero-order chi connectivity index (χ0) is 27.0. The smallest absolute Gasteiger partial charge is 0.409 e. The van der Waals surface area contributed by atoms with Crippen molar-refractivity contribution in [3.63, 3.8) is 0 Å². The van der Waals surface area contributed by atoms with E-state index in [4.69, 9.17) is 24.0 Å². The number of piperidine rings is 1. The van der Waals surface area contributed by atoms with E-state index in [1.54, 1.807) is 11.9 Å². The van der Waals surface area contributed by atoms with Gasteiger partial charge in [-0.15, -0.1) is 0 Å². The van der Waals surface area contributed by atoms with Crippen LogP contribution in [0.4, 0.5) is 4.79 Å². The first-order chi connectivity index (χ1) is 18.3. The number of benzene rings is 1. The number of rotatable bonds is 9. The number of carbonyl (C=O) groups is 1. The van der Waals surface area contributed by atoms with Crippen LogP contribution in [-0.2, 0) is 11.2 Å². The number of nitrogens with zero attached hydrogens (tertiary/aromatic N) is 4. The number of ether oxygens (including phenoxy) is 2. The van der Waals surface area contributed by atoms with Gasteiger partial charge >= 0.3 is 6.09 Å². The standard InChI is InChI=1S/C28H35N5O5/c1-15-24(10-21-22-12-33(13-23(21)22)28(35)36-5)30-27(31-26(15)25-16(2)32-38-17(25)3)18-7-6-8-20(9-18)37-14-19(34)11-29-4/h6-9,19,21-23,29,34H,10-14H2,1-5H3/t19?,21?,22-,23+. The van der Waals surface area contributed by atoms with Gasteiger partial charge in [-0.1, -0.05) is 17.3 Å². The molecule has 1 saturated heterocycles. The van der Waals surface area contributed by atoms with Crippen LogP contribution in [0.25, 0.3) is 22.6 Å². The summed E-state index contributed by atoms with van der Waals surface area (Å²) in [6.45, 7) is 7.97. The highest BCUT2D eigenvalue weighted by molar-refractivity contribution is 5.71. The monoisotopic (exact) mass is 521 g/mol. The predicted molar refractivity (Wildman–Crippen MR) is 141 cm³/mol. The summed E-state index contributed by atoms with van der Waals surface area (Å²) in [5.41, 5.74) is 5.33. The molecule has 2 N–H and O–H groups in total. The third kappa shape index (κ3) is 5.10. The Morgan fingerprint density at radius 3 is 2.66 bits per heavy atom. The van der Waals surface area contributed by atoms with E-state index in [0.717, 1.165) is 53.3 Å². The molecule has 2 aliphatic rings. The Bertz CT molecular complexity index is 1290. The summed E-state index contributed by atoms with van der Waals surface area (Å²) in [7, 11) is 3.22. The minimum atomic E-state index is -0.606. The first kappa shape index (κ1) is 26.1. The average molecular weight is 522 g/mol. The second kappa shape index (κ2) is 10.7. The van der Waals surface area contributed by atoms with Gasteiger partial charge < -0.3 is 29.3 Å². The second-order valence-corrected chi connectivity index (χ2v) is 10.3. The molecular formula is C28H35N5O5. The number of aliphatic hydroxyl groups excluding tert-OH is 1. The van der Waals surface area contributed by atoms with E-state index in [0.29, 0.717) is 41.6 Å². The van der Waals surface area contributed by atoms with Crippen molar-refractivity contribution >= 4 is 6.09 Å². The molecule has 0 spiro atoms. The highest BCUT2D eigenvalue weighted by atomic mass is 16.5. The molecule has 1 aromatic carbocycles. The van der Waals surface area contributed by atoms with Crippen LogP contribution in [0.3, 0.4) is 0 Å². The number of likely N-dealkylation sites (tertiary alicyclic amines) is 1. The molecule has 5 rings (SSSR count). The number of likely N-dealkylation sites (N-methyl/N-ethyl adjacent to an activating group) is 1. The van der Waals surface area contributed by atoms with Crippen molar-refractivity contribution in [2.75, 3.05) is 40.4 Å². The van der Waals surface area contributed by atoms with Crippen molar-refractivity contribution in [3.05, 3.63) is 47.0 Å². The molecular weight excluding hydrogens is 486 g/mol. The predicted octanol–water partition coefficient (Wildman–Crippen LogP) is 3.17. The molecule has 2 aromatic heterocycles. The van der Waals surface area contributed by atoms with Gasteiger partial charge in [0.25, 0.3) is 0 Å². The molecule has 38 heavy (non-hydrogen) atoms. The van der Waals surface area contributed by atoms with Crippen molar-refractivity contribution < 1.29 is 23.9 Å². The van der Waals surface area contributed by atoms with Gasteiger partial charge in [-0.2, -0.15) is 0 Å². The van der Waals surface area contributed by atoms with E-state index in [1.165, 1.54) is 7.11 Å². The lowest BCUT2D eigenvalue weighted by atomic mass is 10.00. The number of fused-ring (bicyclic) bond motifs is 1. The molecule has 3 aromatic rings. The van der Waals surface area contributed by atoms with Crippen LogP contribution in [0.2, 0.25) is 0 Å². The number of amides is 1. The van der Waals surface area contributed by atoms with Gasteiger partial charge in [0.15, 0.2) is 5.82 Å². The van der Waals surface area contributed by atoms with Crippen LogP contribution in [-0.4, -0.2) is 77.7 Å². The Hall–Kier alpha value is -3.50. The molecule has 1 aliphatic heterocycles. The maximum atomic E-state index is 11.9. The van der Waals surface area contributed by atoms with Crippen LogP contribution >= 0.6 is 0 Å². The molecule has 0 radical (unpaired) electrons. The molecule has 202 valence electrons. The van der Waals surface area contributed by atoms with Crippen LogP contribution in [0.1, 0.15) is 22.7 Å². The molecule has 1 aliphatic carbocycles. The quantitative estimate of drug-likeness (QED) is 0.437. The second-order valence-electron chi connectivity index (χ2n) is 10.3. The average Bonchev–Trinajstić information content (AvgIpc) is 3.20. The minimum Gasteiger partial charge on any atom is -0.491 e. The lowest BCUT2D eigenvalue weighted by Gasteiger charge is -2.19. The number of methoxy groups -OCH3 is 1.